The van der Waals surface area contributed by atoms with E-state index in [4.69, 9.17) is 4.74 Å². The Bertz CT molecular complexity index is 336. The molecule has 2 rings (SSSR count). The first-order valence-electron chi connectivity index (χ1n) is 5.12. The molecule has 1 atom stereocenters. The van der Waals surface area contributed by atoms with Crippen molar-refractivity contribution >= 4 is 0 Å². The third-order valence-electron chi connectivity index (χ3n) is 3.06. The maximum absolute atomic E-state index is 11.4. The first-order valence-corrected chi connectivity index (χ1v) is 5.12. The smallest absolute Gasteiger partial charge is 0.325 e. The Morgan fingerprint density at radius 2 is 2.29 bits per heavy atom. The number of aromatic amines is 1. The summed E-state index contributed by atoms with van der Waals surface area (Å²) in [6.07, 6.45) is 5.62. The SMILES string of the molecule is CC(C1CCOCC1)n1cc[nH]c1=O. The van der Waals surface area contributed by atoms with Gasteiger partial charge in [0.15, 0.2) is 0 Å². The van der Waals surface area contributed by atoms with E-state index >= 15 is 0 Å². The molecule has 0 aliphatic carbocycles. The first kappa shape index (κ1) is 9.52. The van der Waals surface area contributed by atoms with E-state index in [1.807, 2.05) is 6.20 Å². The van der Waals surface area contributed by atoms with E-state index in [0.29, 0.717) is 5.92 Å². The number of nitrogens with zero attached hydrogens (tertiary/aromatic N) is 1. The van der Waals surface area contributed by atoms with Crippen LogP contribution in [0.4, 0.5) is 0 Å². The summed E-state index contributed by atoms with van der Waals surface area (Å²) in [5, 5.41) is 0. The predicted octanol–water partition coefficient (Wildman–Crippen LogP) is 1.16. The van der Waals surface area contributed by atoms with Crippen LogP contribution < -0.4 is 5.69 Å². The molecule has 14 heavy (non-hydrogen) atoms. The van der Waals surface area contributed by atoms with Crippen molar-refractivity contribution in [3.8, 4) is 0 Å². The summed E-state index contributed by atoms with van der Waals surface area (Å²) in [5.74, 6) is 0.567. The highest BCUT2D eigenvalue weighted by Gasteiger charge is 2.22. The number of imidazole rings is 1. The van der Waals surface area contributed by atoms with Crippen molar-refractivity contribution in [3.05, 3.63) is 22.9 Å². The molecule has 0 amide bonds. The topological polar surface area (TPSA) is 47.0 Å². The molecule has 1 N–H and O–H groups in total. The lowest BCUT2D eigenvalue weighted by Crippen LogP contribution is -2.29. The van der Waals surface area contributed by atoms with Crippen LogP contribution in [0.15, 0.2) is 17.2 Å². The van der Waals surface area contributed by atoms with Gasteiger partial charge < -0.3 is 9.72 Å². The highest BCUT2D eigenvalue weighted by Crippen LogP contribution is 2.25. The van der Waals surface area contributed by atoms with Gasteiger partial charge >= 0.3 is 5.69 Å². The van der Waals surface area contributed by atoms with Crippen molar-refractivity contribution in [3.63, 3.8) is 0 Å². The van der Waals surface area contributed by atoms with Crippen LogP contribution in [-0.4, -0.2) is 22.8 Å². The van der Waals surface area contributed by atoms with E-state index in [9.17, 15) is 4.79 Å². The van der Waals surface area contributed by atoms with Crippen molar-refractivity contribution in [1.82, 2.24) is 9.55 Å². The largest absolute Gasteiger partial charge is 0.381 e. The second-order valence-corrected chi connectivity index (χ2v) is 3.86. The molecule has 1 unspecified atom stereocenters. The van der Waals surface area contributed by atoms with Gasteiger partial charge in [0, 0.05) is 31.6 Å². The van der Waals surface area contributed by atoms with E-state index in [1.165, 1.54) is 0 Å². The van der Waals surface area contributed by atoms with Gasteiger partial charge in [0.1, 0.15) is 0 Å². The second-order valence-electron chi connectivity index (χ2n) is 3.86. The number of hydrogen-bond acceptors (Lipinski definition) is 2. The van der Waals surface area contributed by atoms with E-state index in [0.717, 1.165) is 26.1 Å². The van der Waals surface area contributed by atoms with Gasteiger partial charge in [0.2, 0.25) is 0 Å². The van der Waals surface area contributed by atoms with Gasteiger partial charge in [0.25, 0.3) is 0 Å². The lowest BCUT2D eigenvalue weighted by molar-refractivity contribution is 0.0509. The number of ether oxygens (including phenoxy) is 1. The van der Waals surface area contributed by atoms with Crippen LogP contribution in [0.5, 0.6) is 0 Å². The Hall–Kier alpha value is -1.03. The Balaban J connectivity index is 2.11. The number of nitrogens with one attached hydrogen (secondary N) is 1. The van der Waals surface area contributed by atoms with Gasteiger partial charge in [-0.05, 0) is 25.7 Å². The second kappa shape index (κ2) is 4.00. The summed E-state index contributed by atoms with van der Waals surface area (Å²) < 4.78 is 7.08. The average molecular weight is 196 g/mol. The van der Waals surface area contributed by atoms with Crippen molar-refractivity contribution in [2.24, 2.45) is 5.92 Å². The Morgan fingerprint density at radius 1 is 1.57 bits per heavy atom. The molecule has 0 radical (unpaired) electrons. The first-order chi connectivity index (χ1) is 6.79. The maximum Gasteiger partial charge on any atom is 0.325 e. The molecule has 0 aromatic carbocycles. The number of rotatable bonds is 2. The van der Waals surface area contributed by atoms with Crippen LogP contribution in [0, 0.1) is 5.92 Å². The minimum atomic E-state index is -0.0102. The lowest BCUT2D eigenvalue weighted by atomic mass is 9.93. The minimum absolute atomic E-state index is 0.0102. The highest BCUT2D eigenvalue weighted by molar-refractivity contribution is 4.83. The van der Waals surface area contributed by atoms with Crippen LogP contribution in [0.25, 0.3) is 0 Å². The van der Waals surface area contributed by atoms with E-state index in [-0.39, 0.29) is 11.7 Å². The van der Waals surface area contributed by atoms with Crippen LogP contribution in [0.2, 0.25) is 0 Å². The zero-order chi connectivity index (χ0) is 9.97. The molecule has 0 spiro atoms. The van der Waals surface area contributed by atoms with Gasteiger partial charge in [-0.1, -0.05) is 0 Å². The summed E-state index contributed by atoms with van der Waals surface area (Å²) in [5.41, 5.74) is -0.0102. The quantitative estimate of drug-likeness (QED) is 0.771. The molecule has 0 saturated carbocycles. The fourth-order valence-corrected chi connectivity index (χ4v) is 2.08. The van der Waals surface area contributed by atoms with E-state index < -0.39 is 0 Å². The van der Waals surface area contributed by atoms with Crippen LogP contribution in [0.1, 0.15) is 25.8 Å². The van der Waals surface area contributed by atoms with Crippen LogP contribution >= 0.6 is 0 Å². The van der Waals surface area contributed by atoms with Crippen molar-refractivity contribution in [2.75, 3.05) is 13.2 Å². The van der Waals surface area contributed by atoms with Crippen LogP contribution in [-0.2, 0) is 4.74 Å². The Morgan fingerprint density at radius 3 is 2.86 bits per heavy atom. The summed E-state index contributed by atoms with van der Waals surface area (Å²) in [6.45, 7) is 3.76. The summed E-state index contributed by atoms with van der Waals surface area (Å²) in [7, 11) is 0. The minimum Gasteiger partial charge on any atom is -0.381 e. The van der Waals surface area contributed by atoms with Crippen molar-refractivity contribution in [2.45, 2.75) is 25.8 Å². The molecule has 78 valence electrons. The lowest BCUT2D eigenvalue weighted by Gasteiger charge is -2.27. The molecule has 1 aromatic heterocycles. The molecule has 4 heteroatoms. The molecule has 1 aromatic rings. The molecule has 1 aliphatic rings. The number of H-pyrrole nitrogens is 1. The Kier molecular flexibility index (Phi) is 2.72. The molecule has 1 aliphatic heterocycles. The van der Waals surface area contributed by atoms with Gasteiger partial charge in [-0.25, -0.2) is 4.79 Å². The third-order valence-corrected chi connectivity index (χ3v) is 3.06. The number of hydrogen-bond donors (Lipinski definition) is 1. The molecule has 1 saturated heterocycles. The highest BCUT2D eigenvalue weighted by atomic mass is 16.5. The van der Waals surface area contributed by atoms with Gasteiger partial charge in [-0.3, -0.25) is 4.57 Å². The fourth-order valence-electron chi connectivity index (χ4n) is 2.08. The normalized spacial score (nSPS) is 20.9. The zero-order valence-electron chi connectivity index (χ0n) is 8.40. The van der Waals surface area contributed by atoms with Crippen molar-refractivity contribution in [1.29, 1.82) is 0 Å². The zero-order valence-corrected chi connectivity index (χ0v) is 8.40. The van der Waals surface area contributed by atoms with E-state index in [1.54, 1.807) is 10.8 Å². The fraction of sp³-hybridized carbons (Fsp3) is 0.700. The molecule has 2 heterocycles. The molecular formula is C10H16N2O2. The van der Waals surface area contributed by atoms with Gasteiger partial charge in [-0.15, -0.1) is 0 Å². The molecule has 1 fully saturated rings. The summed E-state index contributed by atoms with van der Waals surface area (Å²) >= 11 is 0. The summed E-state index contributed by atoms with van der Waals surface area (Å²) in [6, 6.07) is 0.276. The number of aromatic nitrogens is 2. The average Bonchev–Trinajstić information content (AvgIpc) is 2.65. The summed E-state index contributed by atoms with van der Waals surface area (Å²) in [4.78, 5) is 14.0. The van der Waals surface area contributed by atoms with Gasteiger partial charge in [0.05, 0.1) is 0 Å². The maximum atomic E-state index is 11.4. The third kappa shape index (κ3) is 1.75. The van der Waals surface area contributed by atoms with Crippen LogP contribution in [0.3, 0.4) is 0 Å². The molecular weight excluding hydrogens is 180 g/mol. The Labute approximate surface area is 82.9 Å². The standard InChI is InChI=1S/C10H16N2O2/c1-8(9-2-6-14-7-3-9)12-5-4-11-10(12)13/h4-5,8-9H,2-3,6-7H2,1H3,(H,11,13). The molecule has 0 bridgehead atoms. The predicted molar refractivity (Wildman–Crippen MR) is 53.3 cm³/mol. The molecule has 4 nitrogen and oxygen atoms in total. The van der Waals surface area contributed by atoms with E-state index in [2.05, 4.69) is 11.9 Å². The van der Waals surface area contributed by atoms with Gasteiger partial charge in [-0.2, -0.15) is 0 Å². The van der Waals surface area contributed by atoms with Crippen molar-refractivity contribution < 1.29 is 4.74 Å². The monoisotopic (exact) mass is 196 g/mol.